The van der Waals surface area contributed by atoms with Crippen LogP contribution in [-0.4, -0.2) is 49.3 Å². The number of nitrogens with zero attached hydrogens (tertiary/aromatic N) is 2. The van der Waals surface area contributed by atoms with Gasteiger partial charge in [-0.2, -0.15) is 9.57 Å². The highest BCUT2D eigenvalue weighted by Crippen LogP contribution is 2.24. The molecule has 1 aliphatic rings. The number of amides is 1. The quantitative estimate of drug-likeness (QED) is 0.693. The number of piperidine rings is 1. The first-order valence-corrected chi connectivity index (χ1v) is 11.5. The monoisotopic (exact) mass is 447 g/mol. The second kappa shape index (κ2) is 9.62. The van der Waals surface area contributed by atoms with E-state index in [1.807, 2.05) is 6.07 Å². The van der Waals surface area contributed by atoms with Crippen molar-refractivity contribution in [3.63, 3.8) is 0 Å². The average molecular weight is 448 g/mol. The lowest BCUT2D eigenvalue weighted by molar-refractivity contribution is -0.113. The Balaban J connectivity index is 2.15. The minimum absolute atomic E-state index is 0.0626. The van der Waals surface area contributed by atoms with Crippen molar-refractivity contribution >= 4 is 28.0 Å². The summed E-state index contributed by atoms with van der Waals surface area (Å²) >= 11 is 0. The first-order valence-electron chi connectivity index (χ1n) is 10.1. The number of carbonyl (C=O) groups excluding carboxylic acids is 2. The van der Waals surface area contributed by atoms with Gasteiger partial charge in [-0.15, -0.1) is 0 Å². The zero-order chi connectivity index (χ0) is 23.4. The number of carbonyl (C=O) groups is 2. The Morgan fingerprint density at radius 3 is 2.35 bits per heavy atom. The molecule has 0 aromatic heterocycles. The van der Waals surface area contributed by atoms with Crippen molar-refractivity contribution in [2.75, 3.05) is 13.1 Å². The van der Waals surface area contributed by atoms with Crippen LogP contribution >= 0.6 is 0 Å². The Morgan fingerprint density at radius 1 is 1.23 bits per heavy atom. The molecular weight excluding hydrogens is 418 g/mol. The van der Waals surface area contributed by atoms with Gasteiger partial charge in [0.25, 0.3) is 0 Å². The predicted molar refractivity (Wildman–Crippen MR) is 117 cm³/mol. The molecule has 31 heavy (non-hydrogen) atoms. The van der Waals surface area contributed by atoms with Crippen molar-refractivity contribution in [2.24, 2.45) is 0 Å². The molecule has 0 saturated carbocycles. The van der Waals surface area contributed by atoms with Gasteiger partial charge >= 0.3 is 6.09 Å². The van der Waals surface area contributed by atoms with Crippen LogP contribution in [0.25, 0.3) is 6.08 Å². The van der Waals surface area contributed by atoms with Crippen LogP contribution in [0, 0.1) is 11.3 Å². The number of hydrogen-bond acceptors (Lipinski definition) is 6. The fourth-order valence-electron chi connectivity index (χ4n) is 3.12. The van der Waals surface area contributed by atoms with Crippen LogP contribution in [0.3, 0.4) is 0 Å². The third-order valence-corrected chi connectivity index (χ3v) is 6.78. The molecule has 168 valence electrons. The molecule has 0 bridgehead atoms. The number of nitrogens with one attached hydrogen (secondary N) is 1. The van der Waals surface area contributed by atoms with Gasteiger partial charge in [-0.05, 0) is 82.9 Å². The summed E-state index contributed by atoms with van der Waals surface area (Å²) in [7, 11) is -3.78. The van der Waals surface area contributed by atoms with Crippen molar-refractivity contribution in [1.82, 2.24) is 9.62 Å². The Hall–Kier alpha value is -2.70. The van der Waals surface area contributed by atoms with Crippen LogP contribution in [0.5, 0.6) is 0 Å². The van der Waals surface area contributed by atoms with E-state index in [4.69, 9.17) is 4.74 Å². The van der Waals surface area contributed by atoms with E-state index in [0.717, 1.165) is 0 Å². The maximum atomic E-state index is 13.1. The number of Topliss-reactive ketones (excluding diaryl/α,β-unsaturated/α-hetero) is 1. The second-order valence-corrected chi connectivity index (χ2v) is 10.5. The van der Waals surface area contributed by atoms with E-state index in [9.17, 15) is 23.3 Å². The molecule has 1 aromatic carbocycles. The summed E-state index contributed by atoms with van der Waals surface area (Å²) in [5.41, 5.74) is 0.508. The van der Waals surface area contributed by atoms with Gasteiger partial charge in [-0.1, -0.05) is 0 Å². The third-order valence-electron chi connectivity index (χ3n) is 4.88. The van der Waals surface area contributed by atoms with Crippen molar-refractivity contribution in [3.05, 3.63) is 34.9 Å². The molecule has 1 aromatic rings. The summed E-state index contributed by atoms with van der Waals surface area (Å²) in [6, 6.07) is 6.13. The van der Waals surface area contributed by atoms with Gasteiger partial charge in [-0.3, -0.25) is 4.79 Å². The number of ether oxygens (including phenoxy) is 1. The Morgan fingerprint density at radius 2 is 1.84 bits per heavy atom. The molecule has 1 aliphatic heterocycles. The molecule has 2 rings (SSSR count). The summed E-state index contributed by atoms with van der Waals surface area (Å²) in [6.07, 6.45) is 1.94. The van der Waals surface area contributed by atoms with Gasteiger partial charge in [0.05, 0.1) is 16.5 Å². The second-order valence-electron chi connectivity index (χ2n) is 8.57. The lowest BCUT2D eigenvalue weighted by atomic mass is 10.0. The topological polar surface area (TPSA) is 117 Å². The molecule has 1 N–H and O–H groups in total. The zero-order valence-corrected chi connectivity index (χ0v) is 19.4. The summed E-state index contributed by atoms with van der Waals surface area (Å²) in [4.78, 5) is 23.5. The maximum Gasteiger partial charge on any atom is 0.407 e. The van der Waals surface area contributed by atoms with E-state index in [0.29, 0.717) is 29.5 Å². The first-order chi connectivity index (χ1) is 14.3. The lowest BCUT2D eigenvalue weighted by Crippen LogP contribution is -2.47. The molecular formula is C22H29N3O5S. The number of alkyl carbamates (subject to hydrolysis) is 1. The van der Waals surface area contributed by atoms with Gasteiger partial charge in [-0.25, -0.2) is 13.2 Å². The molecule has 8 nitrogen and oxygen atoms in total. The smallest absolute Gasteiger partial charge is 0.407 e. The number of rotatable bonds is 5. The first kappa shape index (κ1) is 24.6. The van der Waals surface area contributed by atoms with Crippen LogP contribution in [0.15, 0.2) is 28.7 Å². The lowest BCUT2D eigenvalue weighted by Gasteiger charge is -2.32. The molecule has 9 heteroatoms. The Kier molecular flexibility index (Phi) is 7.63. The highest BCUT2D eigenvalue weighted by Gasteiger charge is 2.31. The summed E-state index contributed by atoms with van der Waals surface area (Å²) in [5.74, 6) is -0.156. The fraction of sp³-hybridized carbons (Fsp3) is 0.500. The largest absolute Gasteiger partial charge is 0.444 e. The van der Waals surface area contributed by atoms with E-state index >= 15 is 0 Å². The number of benzene rings is 1. The summed E-state index contributed by atoms with van der Waals surface area (Å²) in [5, 5.41) is 12.1. The number of nitriles is 1. The van der Waals surface area contributed by atoms with E-state index < -0.39 is 21.7 Å². The van der Waals surface area contributed by atoms with Crippen LogP contribution in [0.2, 0.25) is 0 Å². The molecule has 0 radical (unpaired) electrons. The van der Waals surface area contributed by atoms with Crippen molar-refractivity contribution in [3.8, 4) is 6.07 Å². The average Bonchev–Trinajstić information content (AvgIpc) is 2.66. The minimum Gasteiger partial charge on any atom is -0.444 e. The Labute approximate surface area is 183 Å². The summed E-state index contributed by atoms with van der Waals surface area (Å²) in [6.45, 7) is 8.87. The van der Waals surface area contributed by atoms with Crippen molar-refractivity contribution in [1.29, 1.82) is 5.26 Å². The zero-order valence-electron chi connectivity index (χ0n) is 18.6. The van der Waals surface area contributed by atoms with Crippen LogP contribution in [-0.2, 0) is 19.6 Å². The third kappa shape index (κ3) is 6.64. The van der Waals surface area contributed by atoms with Crippen LogP contribution in [0.4, 0.5) is 4.79 Å². The molecule has 0 spiro atoms. The standard InChI is InChI=1S/C22H29N3O5S/c1-15(16(2)26)12-18-13-20(7-6-17(18)14-23)31(28,29)25-10-8-19(9-11-25)24-21(27)30-22(3,4)5/h6-7,12-13,19H,8-11H2,1-5H3,(H,24,27)/b15-12+. The van der Waals surface area contributed by atoms with Crippen molar-refractivity contribution in [2.45, 2.75) is 64.0 Å². The number of allylic oxidation sites excluding steroid dienone is 1. The van der Waals surface area contributed by atoms with Gasteiger partial charge in [0.2, 0.25) is 10.0 Å². The normalized spacial score (nSPS) is 16.5. The van der Waals surface area contributed by atoms with Gasteiger partial charge in [0, 0.05) is 19.1 Å². The predicted octanol–water partition coefficient (Wildman–Crippen LogP) is 3.23. The van der Waals surface area contributed by atoms with Crippen LogP contribution < -0.4 is 5.32 Å². The molecule has 0 unspecified atom stereocenters. The molecule has 1 heterocycles. The molecule has 0 atom stereocenters. The van der Waals surface area contributed by atoms with E-state index in [2.05, 4.69) is 5.32 Å². The number of ketones is 1. The number of hydrogen-bond donors (Lipinski definition) is 1. The highest BCUT2D eigenvalue weighted by molar-refractivity contribution is 7.89. The highest BCUT2D eigenvalue weighted by atomic mass is 32.2. The SMILES string of the molecule is CC(=O)/C(C)=C/c1cc(S(=O)(=O)N2CCC(NC(=O)OC(C)(C)C)CC2)ccc1C#N. The van der Waals surface area contributed by atoms with Crippen molar-refractivity contribution < 1.29 is 22.7 Å². The summed E-state index contributed by atoms with van der Waals surface area (Å²) < 4.78 is 32.9. The number of sulfonamides is 1. The molecule has 0 aliphatic carbocycles. The fourth-order valence-corrected chi connectivity index (χ4v) is 4.63. The molecule has 1 amide bonds. The van der Waals surface area contributed by atoms with E-state index in [1.165, 1.54) is 35.5 Å². The van der Waals surface area contributed by atoms with Gasteiger partial charge in [0.15, 0.2) is 5.78 Å². The Bertz CT molecular complexity index is 1020. The van der Waals surface area contributed by atoms with E-state index in [-0.39, 0.29) is 29.8 Å². The van der Waals surface area contributed by atoms with Gasteiger partial charge < -0.3 is 10.1 Å². The van der Waals surface area contributed by atoms with Gasteiger partial charge in [0.1, 0.15) is 5.60 Å². The van der Waals surface area contributed by atoms with Crippen LogP contribution in [0.1, 0.15) is 58.6 Å². The maximum absolute atomic E-state index is 13.1. The van der Waals surface area contributed by atoms with E-state index in [1.54, 1.807) is 27.7 Å². The molecule has 1 saturated heterocycles. The minimum atomic E-state index is -3.78. The molecule has 1 fully saturated rings.